The van der Waals surface area contributed by atoms with Crippen molar-refractivity contribution in [2.24, 2.45) is 0 Å². The highest BCUT2D eigenvalue weighted by Gasteiger charge is 2.21. The number of likely N-dealkylation sites (N-methyl/N-ethyl adjacent to an activating group) is 2. The number of esters is 1. The van der Waals surface area contributed by atoms with Crippen LogP contribution >= 0.6 is 0 Å². The highest BCUT2D eigenvalue weighted by Crippen LogP contribution is 2.32. The molecule has 44 heavy (non-hydrogen) atoms. The van der Waals surface area contributed by atoms with E-state index < -0.39 is 5.97 Å². The molecule has 2 amide bonds. The first kappa shape index (κ1) is 32.1. The Morgan fingerprint density at radius 1 is 0.909 bits per heavy atom. The molecule has 1 aliphatic heterocycles. The van der Waals surface area contributed by atoms with Gasteiger partial charge in [0.15, 0.2) is 6.29 Å². The molecule has 0 spiro atoms. The number of hydrogen-bond donors (Lipinski definition) is 2. The number of allylic oxidation sites excluding steroid dienone is 1. The summed E-state index contributed by atoms with van der Waals surface area (Å²) in [6.45, 7) is 5.69. The molecule has 0 bridgehead atoms. The quantitative estimate of drug-likeness (QED) is 0.146. The van der Waals surface area contributed by atoms with Crippen LogP contribution < -0.4 is 15.5 Å². The summed E-state index contributed by atoms with van der Waals surface area (Å²) in [7, 11) is 5.13. The van der Waals surface area contributed by atoms with E-state index in [1.807, 2.05) is 54.6 Å². The van der Waals surface area contributed by atoms with Crippen LogP contribution in [0.2, 0.25) is 0 Å². The zero-order chi connectivity index (χ0) is 31.6. The number of carbonyl (C=O) groups excluding carboxylic acids is 4. The van der Waals surface area contributed by atoms with Gasteiger partial charge in [0.1, 0.15) is 0 Å². The molecule has 1 fully saturated rings. The monoisotopic (exact) mass is 597 g/mol. The topological polar surface area (TPSA) is 111 Å². The van der Waals surface area contributed by atoms with Crippen LogP contribution in [0.3, 0.4) is 0 Å². The predicted molar refractivity (Wildman–Crippen MR) is 173 cm³/mol. The third-order valence-electron chi connectivity index (χ3n) is 7.63. The number of carbonyl (C=O) groups is 4. The van der Waals surface area contributed by atoms with Gasteiger partial charge in [0.2, 0.25) is 11.8 Å². The zero-order valence-corrected chi connectivity index (χ0v) is 25.6. The molecule has 230 valence electrons. The lowest BCUT2D eigenvalue weighted by Gasteiger charge is -2.32. The summed E-state index contributed by atoms with van der Waals surface area (Å²) in [5, 5.41) is 6.20. The lowest BCUT2D eigenvalue weighted by Crippen LogP contribution is -2.48. The second kappa shape index (κ2) is 15.1. The summed E-state index contributed by atoms with van der Waals surface area (Å²) >= 11 is 0. The van der Waals surface area contributed by atoms with Gasteiger partial charge in [-0.3, -0.25) is 19.3 Å². The SMILES string of the molecule is CCC(=O)Nc1cc(C(=O)OC)ccc1/C(C=O)=C(/Nc1ccc(N(C)C(=O)CN2CCN(C)CC2)cc1)c1ccccc1. The van der Waals surface area contributed by atoms with E-state index in [0.29, 0.717) is 29.2 Å². The largest absolute Gasteiger partial charge is 0.465 e. The molecule has 4 rings (SSSR count). The van der Waals surface area contributed by atoms with Gasteiger partial charge in [0, 0.05) is 67.8 Å². The molecular weight excluding hydrogens is 558 g/mol. The molecule has 1 heterocycles. The van der Waals surface area contributed by atoms with Gasteiger partial charge in [-0.2, -0.15) is 0 Å². The maximum absolute atomic E-state index is 13.0. The number of amides is 2. The smallest absolute Gasteiger partial charge is 0.337 e. The van der Waals surface area contributed by atoms with Gasteiger partial charge in [-0.15, -0.1) is 0 Å². The Kier molecular flexibility index (Phi) is 11.0. The van der Waals surface area contributed by atoms with E-state index in [1.165, 1.54) is 13.2 Å². The molecule has 0 atom stereocenters. The Morgan fingerprint density at radius 3 is 2.20 bits per heavy atom. The van der Waals surface area contributed by atoms with E-state index in [9.17, 15) is 19.2 Å². The number of nitrogens with zero attached hydrogens (tertiary/aromatic N) is 3. The maximum atomic E-state index is 13.0. The minimum atomic E-state index is -0.561. The second-order valence-electron chi connectivity index (χ2n) is 10.6. The van der Waals surface area contributed by atoms with E-state index in [0.717, 1.165) is 43.7 Å². The number of benzene rings is 3. The van der Waals surface area contributed by atoms with Crippen LogP contribution in [0.15, 0.2) is 72.8 Å². The average Bonchev–Trinajstić information content (AvgIpc) is 3.06. The van der Waals surface area contributed by atoms with E-state index in [2.05, 4.69) is 27.5 Å². The van der Waals surface area contributed by atoms with Gasteiger partial charge < -0.3 is 25.2 Å². The Bertz CT molecular complexity index is 1510. The molecule has 0 aromatic heterocycles. The van der Waals surface area contributed by atoms with Gasteiger partial charge in [-0.05, 0) is 49.0 Å². The van der Waals surface area contributed by atoms with Crippen LogP contribution in [0.1, 0.15) is 34.8 Å². The number of piperazine rings is 1. The molecule has 1 aliphatic rings. The molecule has 10 heteroatoms. The fourth-order valence-electron chi connectivity index (χ4n) is 4.88. The number of anilines is 3. The molecule has 2 N–H and O–H groups in total. The van der Waals surface area contributed by atoms with Crippen LogP contribution in [-0.2, 0) is 19.1 Å². The van der Waals surface area contributed by atoms with Gasteiger partial charge in [0.25, 0.3) is 0 Å². The number of ether oxygens (including phenoxy) is 1. The van der Waals surface area contributed by atoms with E-state index in [4.69, 9.17) is 4.74 Å². The minimum absolute atomic E-state index is 0.0143. The standard InChI is InChI=1S/C34H39N5O5/c1-5-31(41)36-30-21-25(34(43)44-4)11-16-28(30)29(23-40)33(24-9-7-6-8-10-24)35-26-12-14-27(15-13-26)38(3)32(42)22-39-19-17-37(2)18-20-39/h6-16,21,23,35H,5,17-20,22H2,1-4H3,(H,36,41)/b33-29+. The molecule has 0 radical (unpaired) electrons. The highest BCUT2D eigenvalue weighted by molar-refractivity contribution is 6.21. The van der Waals surface area contributed by atoms with Crippen LogP contribution in [0, 0.1) is 0 Å². The predicted octanol–water partition coefficient (Wildman–Crippen LogP) is 4.21. The van der Waals surface area contributed by atoms with Crippen molar-refractivity contribution in [3.8, 4) is 0 Å². The zero-order valence-electron chi connectivity index (χ0n) is 25.6. The van der Waals surface area contributed by atoms with Crippen LogP contribution in [0.4, 0.5) is 17.1 Å². The molecule has 1 saturated heterocycles. The normalized spacial score (nSPS) is 14.3. The van der Waals surface area contributed by atoms with Crippen LogP contribution in [0.5, 0.6) is 0 Å². The summed E-state index contributed by atoms with van der Waals surface area (Å²) in [5.74, 6) is -0.816. The molecule has 3 aromatic carbocycles. The minimum Gasteiger partial charge on any atom is -0.465 e. The van der Waals surface area contributed by atoms with E-state index in [-0.39, 0.29) is 29.4 Å². The highest BCUT2D eigenvalue weighted by atomic mass is 16.5. The van der Waals surface area contributed by atoms with Crippen molar-refractivity contribution in [1.29, 1.82) is 0 Å². The number of rotatable bonds is 11. The summed E-state index contributed by atoms with van der Waals surface area (Å²) < 4.78 is 4.85. The summed E-state index contributed by atoms with van der Waals surface area (Å²) in [6.07, 6.45) is 0.938. The molecular formula is C34H39N5O5. The average molecular weight is 598 g/mol. The Labute approximate surface area is 258 Å². The first-order chi connectivity index (χ1) is 21.2. The molecule has 0 saturated carbocycles. The Morgan fingerprint density at radius 2 is 1.59 bits per heavy atom. The lowest BCUT2D eigenvalue weighted by molar-refractivity contribution is -0.120. The van der Waals surface area contributed by atoms with Crippen molar-refractivity contribution < 1.29 is 23.9 Å². The van der Waals surface area contributed by atoms with E-state index >= 15 is 0 Å². The summed E-state index contributed by atoms with van der Waals surface area (Å²) in [6, 6.07) is 21.4. The summed E-state index contributed by atoms with van der Waals surface area (Å²) in [5.41, 5.74) is 3.95. The van der Waals surface area contributed by atoms with Crippen molar-refractivity contribution in [2.75, 3.05) is 69.5 Å². The number of hydrogen-bond acceptors (Lipinski definition) is 8. The number of nitrogens with one attached hydrogen (secondary N) is 2. The number of methoxy groups -OCH3 is 1. The van der Waals surface area contributed by atoms with Crippen molar-refractivity contribution in [1.82, 2.24) is 9.80 Å². The molecule has 10 nitrogen and oxygen atoms in total. The first-order valence-electron chi connectivity index (χ1n) is 14.6. The molecule has 3 aromatic rings. The van der Waals surface area contributed by atoms with Crippen LogP contribution in [-0.4, -0.2) is 87.8 Å². The molecule has 0 unspecified atom stereocenters. The van der Waals surface area contributed by atoms with Crippen molar-refractivity contribution in [3.05, 3.63) is 89.5 Å². The van der Waals surface area contributed by atoms with Crippen molar-refractivity contribution >= 4 is 52.4 Å². The Hall–Kier alpha value is -4.80. The van der Waals surface area contributed by atoms with Crippen molar-refractivity contribution in [3.63, 3.8) is 0 Å². The summed E-state index contributed by atoms with van der Waals surface area (Å²) in [4.78, 5) is 56.4. The fourth-order valence-corrected chi connectivity index (χ4v) is 4.88. The van der Waals surface area contributed by atoms with Gasteiger partial charge >= 0.3 is 5.97 Å². The van der Waals surface area contributed by atoms with Gasteiger partial charge in [-0.1, -0.05) is 43.3 Å². The third kappa shape index (κ3) is 7.97. The van der Waals surface area contributed by atoms with Gasteiger partial charge in [0.05, 0.1) is 24.9 Å². The van der Waals surface area contributed by atoms with Crippen LogP contribution in [0.25, 0.3) is 11.3 Å². The fraction of sp³-hybridized carbons (Fsp3) is 0.294. The molecule has 0 aliphatic carbocycles. The van der Waals surface area contributed by atoms with E-state index in [1.54, 1.807) is 31.0 Å². The second-order valence-corrected chi connectivity index (χ2v) is 10.6. The van der Waals surface area contributed by atoms with Gasteiger partial charge in [-0.25, -0.2) is 4.79 Å². The lowest BCUT2D eigenvalue weighted by atomic mass is 9.97. The third-order valence-corrected chi connectivity index (χ3v) is 7.63. The maximum Gasteiger partial charge on any atom is 0.337 e. The van der Waals surface area contributed by atoms with Crippen molar-refractivity contribution in [2.45, 2.75) is 13.3 Å². The number of aldehydes is 1. The Balaban J connectivity index is 1.66. The first-order valence-corrected chi connectivity index (χ1v) is 14.6.